The van der Waals surface area contributed by atoms with Gasteiger partial charge in [-0.25, -0.2) is 4.98 Å². The highest BCUT2D eigenvalue weighted by Gasteiger charge is 2.45. The van der Waals surface area contributed by atoms with Crippen molar-refractivity contribution in [1.82, 2.24) is 9.88 Å². The van der Waals surface area contributed by atoms with Gasteiger partial charge in [0.15, 0.2) is 0 Å². The van der Waals surface area contributed by atoms with Gasteiger partial charge in [-0.1, -0.05) is 17.7 Å². The van der Waals surface area contributed by atoms with E-state index in [0.29, 0.717) is 17.5 Å². The number of hydrogen-bond donors (Lipinski definition) is 1. The van der Waals surface area contributed by atoms with Gasteiger partial charge in [0.25, 0.3) is 0 Å². The molecular formula is C13H17ClN2O. The average molecular weight is 253 g/mol. The van der Waals surface area contributed by atoms with Gasteiger partial charge in [0, 0.05) is 19.2 Å². The van der Waals surface area contributed by atoms with Gasteiger partial charge in [-0.2, -0.15) is 0 Å². The molecule has 1 aromatic heterocycles. The summed E-state index contributed by atoms with van der Waals surface area (Å²) in [7, 11) is 0. The van der Waals surface area contributed by atoms with Crippen molar-refractivity contribution in [2.24, 2.45) is 5.92 Å². The first-order valence-corrected chi connectivity index (χ1v) is 6.59. The normalized spacial score (nSPS) is 36.1. The minimum atomic E-state index is -0.608. The molecule has 1 N–H and O–H groups in total. The van der Waals surface area contributed by atoms with E-state index < -0.39 is 5.60 Å². The molecule has 1 unspecified atom stereocenters. The third-order valence-electron chi connectivity index (χ3n) is 4.18. The predicted molar refractivity (Wildman–Crippen MR) is 67.1 cm³/mol. The summed E-state index contributed by atoms with van der Waals surface area (Å²) in [6, 6.07) is 3.84. The van der Waals surface area contributed by atoms with Crippen LogP contribution < -0.4 is 0 Å². The number of halogens is 1. The summed E-state index contributed by atoms with van der Waals surface area (Å²) in [6.45, 7) is 3.05. The van der Waals surface area contributed by atoms with Gasteiger partial charge in [0.05, 0.1) is 5.60 Å². The molecule has 2 bridgehead atoms. The lowest BCUT2D eigenvalue weighted by Crippen LogP contribution is -2.60. The Morgan fingerprint density at radius 2 is 2.24 bits per heavy atom. The van der Waals surface area contributed by atoms with E-state index in [4.69, 9.17) is 11.6 Å². The Hall–Kier alpha value is -0.640. The lowest BCUT2D eigenvalue weighted by molar-refractivity contribution is -0.110. The van der Waals surface area contributed by atoms with Crippen molar-refractivity contribution in [1.29, 1.82) is 0 Å². The zero-order valence-electron chi connectivity index (χ0n) is 9.77. The van der Waals surface area contributed by atoms with E-state index in [1.54, 1.807) is 6.20 Å². The maximum Gasteiger partial charge on any atom is 0.132 e. The lowest BCUT2D eigenvalue weighted by Gasteiger charge is -2.50. The summed E-state index contributed by atoms with van der Waals surface area (Å²) >= 11 is 6.07. The molecule has 3 aliphatic heterocycles. The van der Waals surface area contributed by atoms with E-state index in [1.165, 1.54) is 0 Å². The summed E-state index contributed by atoms with van der Waals surface area (Å²) in [5, 5.41) is 11.3. The highest BCUT2D eigenvalue weighted by molar-refractivity contribution is 6.30. The second-order valence-electron chi connectivity index (χ2n) is 5.28. The zero-order valence-corrected chi connectivity index (χ0v) is 10.5. The summed E-state index contributed by atoms with van der Waals surface area (Å²) < 4.78 is 0. The fourth-order valence-electron chi connectivity index (χ4n) is 3.23. The smallest absolute Gasteiger partial charge is 0.132 e. The molecule has 4 heterocycles. The number of pyridine rings is 1. The summed E-state index contributed by atoms with van der Waals surface area (Å²) in [6.07, 6.45) is 4.52. The Balaban J connectivity index is 1.83. The third kappa shape index (κ3) is 2.07. The van der Waals surface area contributed by atoms with Crippen LogP contribution in [0.25, 0.3) is 0 Å². The summed E-state index contributed by atoms with van der Waals surface area (Å²) in [5.41, 5.74) is 0.355. The maximum absolute atomic E-state index is 10.8. The molecule has 4 heteroatoms. The van der Waals surface area contributed by atoms with Gasteiger partial charge >= 0.3 is 0 Å². The van der Waals surface area contributed by atoms with E-state index in [1.807, 2.05) is 12.1 Å². The third-order valence-corrected chi connectivity index (χ3v) is 4.52. The molecule has 3 nitrogen and oxygen atoms in total. The van der Waals surface area contributed by atoms with Crippen LogP contribution in [0.5, 0.6) is 0 Å². The van der Waals surface area contributed by atoms with Crippen LogP contribution in [-0.2, 0) is 6.42 Å². The number of aliphatic hydroxyl groups is 1. The molecular weight excluding hydrogens is 236 g/mol. The van der Waals surface area contributed by atoms with Crippen molar-refractivity contribution < 1.29 is 5.11 Å². The van der Waals surface area contributed by atoms with Gasteiger partial charge in [-0.3, -0.25) is 0 Å². The Labute approximate surface area is 106 Å². The van der Waals surface area contributed by atoms with Gasteiger partial charge in [0.2, 0.25) is 0 Å². The van der Waals surface area contributed by atoms with Crippen molar-refractivity contribution >= 4 is 11.6 Å². The van der Waals surface area contributed by atoms with Crippen LogP contribution in [0.4, 0.5) is 0 Å². The van der Waals surface area contributed by atoms with Crippen LogP contribution in [0.3, 0.4) is 0 Å². The Bertz CT molecular complexity index is 418. The number of hydrogen-bond acceptors (Lipinski definition) is 3. The van der Waals surface area contributed by atoms with E-state index in [9.17, 15) is 5.11 Å². The Kier molecular flexibility index (Phi) is 2.85. The van der Waals surface area contributed by atoms with Crippen molar-refractivity contribution in [3.63, 3.8) is 0 Å². The molecule has 1 atom stereocenters. The van der Waals surface area contributed by atoms with E-state index >= 15 is 0 Å². The fraction of sp³-hybridized carbons (Fsp3) is 0.615. The largest absolute Gasteiger partial charge is 0.388 e. The lowest BCUT2D eigenvalue weighted by atomic mass is 9.72. The second kappa shape index (κ2) is 4.23. The van der Waals surface area contributed by atoms with Crippen molar-refractivity contribution in [3.05, 3.63) is 29.0 Å². The molecule has 0 spiro atoms. The molecule has 0 aliphatic carbocycles. The molecule has 0 amide bonds. The van der Waals surface area contributed by atoms with Gasteiger partial charge in [-0.15, -0.1) is 0 Å². The van der Waals surface area contributed by atoms with Crippen molar-refractivity contribution in [2.75, 3.05) is 19.6 Å². The molecule has 4 rings (SSSR count). The SMILES string of the molecule is OC1(Cc2cccnc2Cl)CN2CCC1CC2. The van der Waals surface area contributed by atoms with E-state index in [0.717, 1.165) is 38.0 Å². The first kappa shape index (κ1) is 11.5. The molecule has 0 aromatic carbocycles. The number of nitrogens with zero attached hydrogens (tertiary/aromatic N) is 2. The minimum Gasteiger partial charge on any atom is -0.388 e. The standard InChI is InChI=1S/C13H17ClN2O/c14-12-10(2-1-5-15-12)8-13(17)9-16-6-3-11(13)4-7-16/h1-2,5,11,17H,3-4,6-9H2. The highest BCUT2D eigenvalue weighted by Crippen LogP contribution is 2.38. The van der Waals surface area contributed by atoms with E-state index in [2.05, 4.69) is 9.88 Å². The summed E-state index contributed by atoms with van der Waals surface area (Å²) in [4.78, 5) is 6.43. The minimum absolute atomic E-state index is 0.420. The predicted octanol–water partition coefficient (Wildman–Crippen LogP) is 1.73. The van der Waals surface area contributed by atoms with Crippen molar-refractivity contribution in [2.45, 2.75) is 24.9 Å². The molecule has 3 aliphatic rings. The van der Waals surface area contributed by atoms with Crippen LogP contribution in [0, 0.1) is 5.92 Å². The monoisotopic (exact) mass is 252 g/mol. The van der Waals surface area contributed by atoms with Crippen LogP contribution in [0.15, 0.2) is 18.3 Å². The topological polar surface area (TPSA) is 36.4 Å². The van der Waals surface area contributed by atoms with Gasteiger partial charge < -0.3 is 10.0 Å². The van der Waals surface area contributed by atoms with Gasteiger partial charge in [-0.05, 0) is 43.5 Å². The highest BCUT2D eigenvalue weighted by atomic mass is 35.5. The number of piperidine rings is 3. The average Bonchev–Trinajstić information content (AvgIpc) is 2.33. The number of aromatic nitrogens is 1. The quantitative estimate of drug-likeness (QED) is 0.815. The van der Waals surface area contributed by atoms with Crippen LogP contribution in [0.1, 0.15) is 18.4 Å². The maximum atomic E-state index is 10.8. The first-order chi connectivity index (χ1) is 8.17. The molecule has 17 heavy (non-hydrogen) atoms. The molecule has 0 radical (unpaired) electrons. The molecule has 1 aromatic rings. The fourth-order valence-corrected chi connectivity index (χ4v) is 3.41. The first-order valence-electron chi connectivity index (χ1n) is 6.21. The van der Waals surface area contributed by atoms with Gasteiger partial charge in [0.1, 0.15) is 5.15 Å². The number of fused-ring (bicyclic) bond motifs is 3. The Morgan fingerprint density at radius 3 is 2.82 bits per heavy atom. The Morgan fingerprint density at radius 1 is 1.47 bits per heavy atom. The van der Waals surface area contributed by atoms with Crippen LogP contribution >= 0.6 is 11.6 Å². The van der Waals surface area contributed by atoms with E-state index in [-0.39, 0.29) is 0 Å². The molecule has 3 saturated heterocycles. The number of rotatable bonds is 2. The zero-order chi connectivity index (χ0) is 11.9. The van der Waals surface area contributed by atoms with Crippen LogP contribution in [-0.4, -0.2) is 40.2 Å². The molecule has 3 fully saturated rings. The van der Waals surface area contributed by atoms with Crippen LogP contribution in [0.2, 0.25) is 5.15 Å². The van der Waals surface area contributed by atoms with Crippen molar-refractivity contribution in [3.8, 4) is 0 Å². The molecule has 92 valence electrons. The second-order valence-corrected chi connectivity index (χ2v) is 5.64. The summed E-state index contributed by atoms with van der Waals surface area (Å²) in [5.74, 6) is 0.420. The molecule has 0 saturated carbocycles.